The van der Waals surface area contributed by atoms with Gasteiger partial charge in [-0.25, -0.2) is 4.98 Å². The van der Waals surface area contributed by atoms with Gasteiger partial charge in [0.15, 0.2) is 5.78 Å². The highest BCUT2D eigenvalue weighted by Crippen LogP contribution is 2.43. The van der Waals surface area contributed by atoms with Crippen LogP contribution in [0.5, 0.6) is 0 Å². The first-order chi connectivity index (χ1) is 22.3. The number of ketones is 2. The monoisotopic (exact) mass is 654 g/mol. The van der Waals surface area contributed by atoms with Crippen molar-refractivity contribution in [3.8, 4) is 0 Å². The molecule has 258 valence electrons. The maximum atomic E-state index is 14.4. The zero-order valence-corrected chi connectivity index (χ0v) is 28.4. The molecule has 47 heavy (non-hydrogen) atoms. The molecule has 3 fully saturated rings. The van der Waals surface area contributed by atoms with Crippen LogP contribution in [-0.2, 0) is 28.7 Å². The summed E-state index contributed by atoms with van der Waals surface area (Å²) >= 11 is 0. The number of fused-ring (bicyclic) bond motifs is 1. The van der Waals surface area contributed by atoms with E-state index in [1.54, 1.807) is 11.8 Å². The minimum atomic E-state index is -1.03. The van der Waals surface area contributed by atoms with Crippen LogP contribution < -0.4 is 16.0 Å². The summed E-state index contributed by atoms with van der Waals surface area (Å²) in [5, 5.41) is 8.45. The lowest BCUT2D eigenvalue weighted by Gasteiger charge is -2.37. The molecule has 1 aromatic heterocycles. The van der Waals surface area contributed by atoms with Crippen LogP contribution in [0, 0.1) is 23.2 Å². The van der Waals surface area contributed by atoms with Crippen molar-refractivity contribution < 1.29 is 33.5 Å². The Balaban J connectivity index is 1.55. The molecule has 13 nitrogen and oxygen atoms in total. The molecule has 2 saturated carbocycles. The van der Waals surface area contributed by atoms with Gasteiger partial charge in [0.05, 0.1) is 24.3 Å². The van der Waals surface area contributed by atoms with E-state index in [2.05, 4.69) is 25.9 Å². The third kappa shape index (κ3) is 8.79. The smallest absolute Gasteiger partial charge is 0.289 e. The van der Waals surface area contributed by atoms with Gasteiger partial charge in [0, 0.05) is 38.5 Å². The second-order valence-corrected chi connectivity index (χ2v) is 14.3. The first-order valence-electron chi connectivity index (χ1n) is 16.8. The molecular formula is C34H50N6O7. The average Bonchev–Trinajstić information content (AvgIpc) is 3.61. The molecule has 0 aromatic carbocycles. The van der Waals surface area contributed by atoms with Crippen molar-refractivity contribution in [3.63, 3.8) is 0 Å². The molecule has 2 unspecified atom stereocenters. The number of amides is 4. The van der Waals surface area contributed by atoms with Crippen LogP contribution in [0.1, 0.15) is 96.5 Å². The summed E-state index contributed by atoms with van der Waals surface area (Å²) in [4.78, 5) is 90.5. The van der Waals surface area contributed by atoms with E-state index in [4.69, 9.17) is 4.74 Å². The Labute approximate surface area is 276 Å². The van der Waals surface area contributed by atoms with Crippen molar-refractivity contribution in [3.05, 3.63) is 24.3 Å². The van der Waals surface area contributed by atoms with Crippen LogP contribution in [0.2, 0.25) is 0 Å². The number of likely N-dealkylation sites (tertiary alicyclic amines) is 1. The Morgan fingerprint density at radius 1 is 1.04 bits per heavy atom. The summed E-state index contributed by atoms with van der Waals surface area (Å²) in [5.74, 6) is -4.07. The second-order valence-electron chi connectivity index (χ2n) is 14.3. The first-order valence-corrected chi connectivity index (χ1v) is 16.8. The van der Waals surface area contributed by atoms with Gasteiger partial charge in [0.1, 0.15) is 17.8 Å². The fourth-order valence-corrected chi connectivity index (χ4v) is 6.77. The molecule has 4 amide bonds. The highest BCUT2D eigenvalue weighted by molar-refractivity contribution is 6.38. The van der Waals surface area contributed by atoms with E-state index < -0.39 is 65.0 Å². The highest BCUT2D eigenvalue weighted by atomic mass is 16.5. The zero-order chi connectivity index (χ0) is 34.5. The molecule has 1 aliphatic heterocycles. The minimum absolute atomic E-state index is 0.00719. The molecule has 1 aromatic rings. The number of rotatable bonds is 15. The summed E-state index contributed by atoms with van der Waals surface area (Å²) in [6.45, 7) is 9.39. The van der Waals surface area contributed by atoms with Crippen molar-refractivity contribution >= 4 is 35.2 Å². The molecule has 2 heterocycles. The van der Waals surface area contributed by atoms with Crippen molar-refractivity contribution in [1.82, 2.24) is 30.8 Å². The molecule has 2 aliphatic carbocycles. The van der Waals surface area contributed by atoms with Crippen LogP contribution in [0.25, 0.3) is 0 Å². The van der Waals surface area contributed by atoms with Crippen LogP contribution in [0.3, 0.4) is 0 Å². The maximum Gasteiger partial charge on any atom is 0.289 e. The van der Waals surface area contributed by atoms with Gasteiger partial charge < -0.3 is 25.6 Å². The van der Waals surface area contributed by atoms with Gasteiger partial charge in [-0.15, -0.1) is 0 Å². The fraction of sp³-hybridized carbons (Fsp3) is 0.706. The summed E-state index contributed by atoms with van der Waals surface area (Å²) in [7, 11) is 1.45. The van der Waals surface area contributed by atoms with Gasteiger partial charge in [-0.3, -0.25) is 33.8 Å². The number of hydrogen-bond acceptors (Lipinski definition) is 9. The minimum Gasteiger partial charge on any atom is -0.381 e. The van der Waals surface area contributed by atoms with E-state index in [1.807, 2.05) is 27.7 Å². The second kappa shape index (κ2) is 15.4. The molecule has 3 N–H and O–H groups in total. The van der Waals surface area contributed by atoms with Gasteiger partial charge in [0.25, 0.3) is 5.91 Å². The van der Waals surface area contributed by atoms with Crippen molar-refractivity contribution in [1.29, 1.82) is 0 Å². The van der Waals surface area contributed by atoms with E-state index in [0.717, 1.165) is 32.1 Å². The fourth-order valence-electron chi connectivity index (χ4n) is 6.77. The molecule has 0 radical (unpaired) electrons. The molecule has 0 bridgehead atoms. The summed E-state index contributed by atoms with van der Waals surface area (Å²) in [5.41, 5.74) is -0.637. The number of aromatic nitrogens is 2. The van der Waals surface area contributed by atoms with Crippen LogP contribution in [0.4, 0.5) is 0 Å². The summed E-state index contributed by atoms with van der Waals surface area (Å²) in [6.07, 6.45) is 8.42. The predicted octanol–water partition coefficient (Wildman–Crippen LogP) is 1.99. The zero-order valence-electron chi connectivity index (χ0n) is 28.4. The van der Waals surface area contributed by atoms with Gasteiger partial charge in [-0.2, -0.15) is 0 Å². The number of nitrogens with zero attached hydrogens (tertiary/aromatic N) is 3. The largest absolute Gasteiger partial charge is 0.381 e. The first kappa shape index (κ1) is 36.1. The predicted molar refractivity (Wildman–Crippen MR) is 172 cm³/mol. The number of Topliss-reactive ketones (excluding diaryl/α,β-unsaturated/α-hetero) is 2. The SMILES string of the molecule is CCCC(NC(=O)[C@@H]1[C@H]2CCCC2CN1C(=O)[C@@H](NC(=O)[C@@H](CC(=O)c1cnccn1)[C@@H](C)OC)C(C)(C)C)C(=O)C(=O)NC1CC1. The van der Waals surface area contributed by atoms with Crippen molar-refractivity contribution in [2.75, 3.05) is 13.7 Å². The third-order valence-corrected chi connectivity index (χ3v) is 9.72. The molecule has 0 spiro atoms. The third-order valence-electron chi connectivity index (χ3n) is 9.72. The van der Waals surface area contributed by atoms with E-state index >= 15 is 0 Å². The van der Waals surface area contributed by atoms with E-state index in [-0.39, 0.29) is 35.8 Å². The number of hydrogen-bond donors (Lipinski definition) is 3. The number of carbonyl (C=O) groups excluding carboxylic acids is 6. The van der Waals surface area contributed by atoms with Crippen molar-refractivity contribution in [2.45, 2.75) is 116 Å². The number of nitrogens with one attached hydrogen (secondary N) is 3. The average molecular weight is 655 g/mol. The summed E-state index contributed by atoms with van der Waals surface area (Å²) in [6, 6.07) is -2.86. The van der Waals surface area contributed by atoms with Crippen LogP contribution >= 0.6 is 0 Å². The van der Waals surface area contributed by atoms with Gasteiger partial charge in [-0.05, 0) is 56.3 Å². The number of ether oxygens (including phenoxy) is 1. The Hall–Kier alpha value is -3.74. The number of methoxy groups -OCH3 is 1. The molecule has 7 atom stereocenters. The normalized spacial score (nSPS) is 23.2. The molecular weight excluding hydrogens is 604 g/mol. The van der Waals surface area contributed by atoms with E-state index in [0.29, 0.717) is 19.4 Å². The van der Waals surface area contributed by atoms with Gasteiger partial charge in [-0.1, -0.05) is 40.5 Å². The Kier molecular flexibility index (Phi) is 11.9. The molecule has 1 saturated heterocycles. The molecule has 13 heteroatoms. The lowest BCUT2D eigenvalue weighted by atomic mass is 9.84. The summed E-state index contributed by atoms with van der Waals surface area (Å²) < 4.78 is 5.46. The lowest BCUT2D eigenvalue weighted by molar-refractivity contribution is -0.146. The number of carbonyl (C=O) groups is 6. The Morgan fingerprint density at radius 3 is 2.36 bits per heavy atom. The Morgan fingerprint density at radius 2 is 1.77 bits per heavy atom. The Bertz CT molecular complexity index is 1330. The highest BCUT2D eigenvalue weighted by Gasteiger charge is 2.52. The quantitative estimate of drug-likeness (QED) is 0.189. The van der Waals surface area contributed by atoms with E-state index in [1.165, 1.54) is 25.7 Å². The van der Waals surface area contributed by atoms with Gasteiger partial charge >= 0.3 is 0 Å². The van der Waals surface area contributed by atoms with E-state index in [9.17, 15) is 28.8 Å². The van der Waals surface area contributed by atoms with Gasteiger partial charge in [0.2, 0.25) is 23.5 Å². The lowest BCUT2D eigenvalue weighted by Crippen LogP contribution is -2.60. The maximum absolute atomic E-state index is 14.4. The molecule has 3 aliphatic rings. The van der Waals surface area contributed by atoms with Crippen LogP contribution in [0.15, 0.2) is 18.6 Å². The topological polar surface area (TPSA) is 177 Å². The molecule has 4 rings (SSSR count). The standard InChI is InChI=1S/C34H50N6O7/c1-7-9-24(28(42)32(45)37-21-12-13-21)38-31(44)27-22-11-8-10-20(22)18-40(27)33(46)29(34(3,4)5)39-30(43)23(19(2)47-6)16-26(41)25-17-35-14-15-36-25/h14-15,17,19-24,27,29H,7-13,16,18H2,1-6H3,(H,37,45)(H,38,44)(H,39,43)/t19-,20?,22+,23+,24?,27+,29-/m1/s1. The van der Waals surface area contributed by atoms with Crippen molar-refractivity contribution in [2.24, 2.45) is 23.2 Å². The van der Waals surface area contributed by atoms with Crippen LogP contribution in [-0.4, -0.2) is 94.0 Å².